The van der Waals surface area contributed by atoms with Crippen molar-refractivity contribution in [2.75, 3.05) is 5.32 Å². The maximum Gasteiger partial charge on any atom is 0.265 e. The maximum absolute atomic E-state index is 12.5. The number of nitrogens with one attached hydrogen (secondary N) is 1. The van der Waals surface area contributed by atoms with Crippen molar-refractivity contribution in [3.05, 3.63) is 76.8 Å². The van der Waals surface area contributed by atoms with Crippen molar-refractivity contribution < 1.29 is 9.53 Å². The van der Waals surface area contributed by atoms with Gasteiger partial charge in [0.1, 0.15) is 10.8 Å². The molecule has 29 heavy (non-hydrogen) atoms. The number of hydrogen-bond acceptors (Lipinski definition) is 4. The Bertz CT molecular complexity index is 1140. The third-order valence-corrected chi connectivity index (χ3v) is 5.88. The molecule has 1 atom stereocenters. The van der Waals surface area contributed by atoms with E-state index in [1.165, 1.54) is 0 Å². The van der Waals surface area contributed by atoms with Gasteiger partial charge in [0.15, 0.2) is 6.10 Å². The molecule has 3 aromatic carbocycles. The number of anilines is 1. The summed E-state index contributed by atoms with van der Waals surface area (Å²) in [7, 11) is 0. The van der Waals surface area contributed by atoms with Crippen molar-refractivity contribution in [1.29, 1.82) is 0 Å². The van der Waals surface area contributed by atoms with Crippen molar-refractivity contribution in [2.45, 2.75) is 13.0 Å². The van der Waals surface area contributed by atoms with Crippen LogP contribution in [0.15, 0.2) is 66.7 Å². The molecule has 0 saturated carbocycles. The number of aromatic nitrogens is 1. The van der Waals surface area contributed by atoms with Crippen molar-refractivity contribution >= 4 is 56.3 Å². The largest absolute Gasteiger partial charge is 0.479 e. The average Bonchev–Trinajstić information content (AvgIpc) is 3.15. The number of nitrogens with zero attached hydrogens (tertiary/aromatic N) is 1. The summed E-state index contributed by atoms with van der Waals surface area (Å²) < 4.78 is 6.79. The van der Waals surface area contributed by atoms with Gasteiger partial charge in [0, 0.05) is 16.3 Å². The lowest BCUT2D eigenvalue weighted by atomic mass is 10.2. The third kappa shape index (κ3) is 4.53. The Morgan fingerprint density at radius 2 is 1.83 bits per heavy atom. The molecule has 1 N–H and O–H groups in total. The second-order valence-corrected chi connectivity index (χ2v) is 8.26. The summed E-state index contributed by atoms with van der Waals surface area (Å²) in [4.78, 5) is 17.1. The molecule has 4 aromatic rings. The van der Waals surface area contributed by atoms with E-state index in [9.17, 15) is 4.79 Å². The van der Waals surface area contributed by atoms with Crippen LogP contribution in [0, 0.1) is 0 Å². The first-order chi connectivity index (χ1) is 14.0. The van der Waals surface area contributed by atoms with Gasteiger partial charge in [-0.15, -0.1) is 11.3 Å². The number of rotatable bonds is 5. The van der Waals surface area contributed by atoms with Crippen LogP contribution in [-0.4, -0.2) is 17.0 Å². The number of halogens is 2. The Balaban J connectivity index is 1.43. The molecular formula is C22H16Cl2N2O2S. The number of amides is 1. The number of carbonyl (C=O) groups excluding carboxylic acids is 1. The second-order valence-electron chi connectivity index (χ2n) is 6.39. The lowest BCUT2D eigenvalue weighted by Gasteiger charge is -2.16. The molecule has 7 heteroatoms. The number of carbonyl (C=O) groups is 1. The van der Waals surface area contributed by atoms with Gasteiger partial charge >= 0.3 is 0 Å². The van der Waals surface area contributed by atoms with Gasteiger partial charge in [-0.1, -0.05) is 35.3 Å². The standard InChI is InChI=1S/C22H16Cl2N2O2S/c1-13(28-19-11-8-15(23)12-17(19)24)21(27)25-16-9-6-14(7-10-16)22-26-18-4-2-3-5-20(18)29-22/h2-13H,1H3,(H,25,27). The topological polar surface area (TPSA) is 51.2 Å². The van der Waals surface area contributed by atoms with Crippen LogP contribution in [0.3, 0.4) is 0 Å². The Morgan fingerprint density at radius 1 is 1.07 bits per heavy atom. The van der Waals surface area contributed by atoms with Crippen LogP contribution >= 0.6 is 34.5 Å². The molecule has 0 aliphatic rings. The normalized spacial score (nSPS) is 12.0. The van der Waals surface area contributed by atoms with Gasteiger partial charge < -0.3 is 10.1 Å². The Morgan fingerprint density at radius 3 is 2.55 bits per heavy atom. The van der Waals surface area contributed by atoms with E-state index >= 15 is 0 Å². The molecule has 0 spiro atoms. The minimum Gasteiger partial charge on any atom is -0.479 e. The maximum atomic E-state index is 12.5. The van der Waals surface area contributed by atoms with Crippen molar-refractivity contribution in [2.24, 2.45) is 0 Å². The molecule has 146 valence electrons. The highest BCUT2D eigenvalue weighted by molar-refractivity contribution is 7.21. The van der Waals surface area contributed by atoms with E-state index in [0.717, 1.165) is 20.8 Å². The highest BCUT2D eigenvalue weighted by Gasteiger charge is 2.17. The number of hydrogen-bond donors (Lipinski definition) is 1. The van der Waals surface area contributed by atoms with E-state index < -0.39 is 6.10 Å². The number of ether oxygens (including phenoxy) is 1. The predicted molar refractivity (Wildman–Crippen MR) is 120 cm³/mol. The van der Waals surface area contributed by atoms with E-state index in [1.54, 1.807) is 36.5 Å². The smallest absolute Gasteiger partial charge is 0.265 e. The van der Waals surface area contributed by atoms with Crippen LogP contribution in [0.1, 0.15) is 6.92 Å². The second kappa shape index (κ2) is 8.41. The molecule has 4 nitrogen and oxygen atoms in total. The molecular weight excluding hydrogens is 427 g/mol. The summed E-state index contributed by atoms with van der Waals surface area (Å²) in [6, 6.07) is 20.5. The molecule has 1 amide bonds. The van der Waals surface area contributed by atoms with Gasteiger partial charge in [0.2, 0.25) is 0 Å². The molecule has 1 aromatic heterocycles. The monoisotopic (exact) mass is 442 g/mol. The molecule has 0 aliphatic carbocycles. The van der Waals surface area contributed by atoms with Gasteiger partial charge in [0.25, 0.3) is 5.91 Å². The fourth-order valence-corrected chi connectivity index (χ4v) is 4.17. The molecule has 4 rings (SSSR count). The lowest BCUT2D eigenvalue weighted by Crippen LogP contribution is -2.30. The first-order valence-electron chi connectivity index (χ1n) is 8.88. The summed E-state index contributed by atoms with van der Waals surface area (Å²) in [5, 5.41) is 4.66. The van der Waals surface area contributed by atoms with Crippen LogP contribution in [0.5, 0.6) is 5.75 Å². The Kier molecular flexibility index (Phi) is 5.72. The van der Waals surface area contributed by atoms with E-state index in [2.05, 4.69) is 16.4 Å². The predicted octanol–water partition coefficient (Wildman–Crippen LogP) is 6.68. The third-order valence-electron chi connectivity index (χ3n) is 4.26. The molecule has 1 unspecified atom stereocenters. The Labute approximate surface area is 182 Å². The van der Waals surface area contributed by atoms with Crippen molar-refractivity contribution in [3.63, 3.8) is 0 Å². The molecule has 0 saturated heterocycles. The summed E-state index contributed by atoms with van der Waals surface area (Å²) in [6.07, 6.45) is -0.724. The summed E-state index contributed by atoms with van der Waals surface area (Å²) in [5.74, 6) is 0.133. The quantitative estimate of drug-likeness (QED) is 0.375. The SMILES string of the molecule is CC(Oc1ccc(Cl)cc1Cl)C(=O)Nc1ccc(-c2nc3ccccc3s2)cc1. The van der Waals surface area contributed by atoms with Gasteiger partial charge in [-0.3, -0.25) is 4.79 Å². The summed E-state index contributed by atoms with van der Waals surface area (Å²) in [5.41, 5.74) is 2.66. The number of benzene rings is 3. The molecule has 0 bridgehead atoms. The summed E-state index contributed by atoms with van der Waals surface area (Å²) in [6.45, 7) is 1.66. The van der Waals surface area contributed by atoms with Crippen LogP contribution in [0.4, 0.5) is 5.69 Å². The van der Waals surface area contributed by atoms with Gasteiger partial charge in [-0.05, 0) is 61.5 Å². The zero-order valence-corrected chi connectivity index (χ0v) is 17.7. The molecule has 0 radical (unpaired) electrons. The molecule has 0 aliphatic heterocycles. The highest BCUT2D eigenvalue weighted by atomic mass is 35.5. The minimum absolute atomic E-state index is 0.274. The molecule has 0 fully saturated rings. The Hall–Kier alpha value is -2.60. The zero-order chi connectivity index (χ0) is 20.4. The van der Waals surface area contributed by atoms with Crippen molar-refractivity contribution in [3.8, 4) is 16.3 Å². The van der Waals surface area contributed by atoms with E-state index in [-0.39, 0.29) is 5.91 Å². The number of para-hydroxylation sites is 1. The van der Waals surface area contributed by atoms with Gasteiger partial charge in [-0.25, -0.2) is 4.98 Å². The van der Waals surface area contributed by atoms with Crippen LogP contribution < -0.4 is 10.1 Å². The highest BCUT2D eigenvalue weighted by Crippen LogP contribution is 2.31. The van der Waals surface area contributed by atoms with Crippen LogP contribution in [-0.2, 0) is 4.79 Å². The minimum atomic E-state index is -0.724. The van der Waals surface area contributed by atoms with Gasteiger partial charge in [0.05, 0.1) is 15.2 Å². The van der Waals surface area contributed by atoms with Crippen LogP contribution in [0.2, 0.25) is 10.0 Å². The first kappa shape index (κ1) is 19.7. The van der Waals surface area contributed by atoms with Crippen LogP contribution in [0.25, 0.3) is 20.8 Å². The zero-order valence-electron chi connectivity index (χ0n) is 15.4. The fourth-order valence-electron chi connectivity index (χ4n) is 2.75. The summed E-state index contributed by atoms with van der Waals surface area (Å²) >= 11 is 13.6. The fraction of sp³-hybridized carbons (Fsp3) is 0.0909. The average molecular weight is 443 g/mol. The lowest BCUT2D eigenvalue weighted by molar-refractivity contribution is -0.122. The van der Waals surface area contributed by atoms with E-state index in [0.29, 0.717) is 21.5 Å². The molecule has 1 heterocycles. The van der Waals surface area contributed by atoms with Crippen molar-refractivity contribution in [1.82, 2.24) is 4.98 Å². The van der Waals surface area contributed by atoms with Gasteiger partial charge in [-0.2, -0.15) is 0 Å². The van der Waals surface area contributed by atoms with E-state index in [4.69, 9.17) is 27.9 Å². The number of fused-ring (bicyclic) bond motifs is 1. The first-order valence-corrected chi connectivity index (χ1v) is 10.5. The number of thiazole rings is 1. The van der Waals surface area contributed by atoms with E-state index in [1.807, 2.05) is 42.5 Å².